The van der Waals surface area contributed by atoms with Gasteiger partial charge in [-0.25, -0.2) is 0 Å². The highest BCUT2D eigenvalue weighted by molar-refractivity contribution is 6.01. The minimum absolute atomic E-state index is 0.00993. The third kappa shape index (κ3) is 3.29. The molecule has 1 amide bonds. The summed E-state index contributed by atoms with van der Waals surface area (Å²) < 4.78 is 5.43. The summed E-state index contributed by atoms with van der Waals surface area (Å²) in [6.45, 7) is 3.12. The Morgan fingerprint density at radius 3 is 2.90 bits per heavy atom. The lowest BCUT2D eigenvalue weighted by Crippen LogP contribution is -2.32. The number of hydrogen-bond donors (Lipinski definition) is 3. The number of rotatable bonds is 5. The number of hydrogen-bond acceptors (Lipinski definition) is 6. The van der Waals surface area contributed by atoms with Crippen LogP contribution < -0.4 is 16.6 Å². The molecule has 2 unspecified atom stereocenters. The van der Waals surface area contributed by atoms with Gasteiger partial charge in [0.2, 0.25) is 0 Å². The van der Waals surface area contributed by atoms with Crippen molar-refractivity contribution in [2.75, 3.05) is 18.6 Å². The van der Waals surface area contributed by atoms with Gasteiger partial charge in [0.05, 0.1) is 16.6 Å². The quantitative estimate of drug-likeness (QED) is 0.424. The summed E-state index contributed by atoms with van der Waals surface area (Å²) >= 11 is 0. The number of amides is 1. The lowest BCUT2D eigenvalue weighted by Gasteiger charge is -2.15. The Balaban J connectivity index is 2.11. The van der Waals surface area contributed by atoms with E-state index < -0.39 is 10.8 Å². The molecule has 114 valence electrons. The van der Waals surface area contributed by atoms with E-state index in [0.717, 1.165) is 6.42 Å². The summed E-state index contributed by atoms with van der Waals surface area (Å²) in [4.78, 5) is 22.5. The average molecular weight is 294 g/mol. The number of nitrogens with zero attached hydrogens (tertiary/aromatic N) is 1. The normalized spacial score (nSPS) is 21.0. The van der Waals surface area contributed by atoms with Crippen molar-refractivity contribution in [1.29, 1.82) is 0 Å². The van der Waals surface area contributed by atoms with Crippen molar-refractivity contribution >= 4 is 17.3 Å². The lowest BCUT2D eigenvalue weighted by molar-refractivity contribution is -0.384. The van der Waals surface area contributed by atoms with Gasteiger partial charge in [0.25, 0.3) is 11.6 Å². The highest BCUT2D eigenvalue weighted by atomic mass is 16.6. The summed E-state index contributed by atoms with van der Waals surface area (Å²) in [5.74, 6) is 5.17. The van der Waals surface area contributed by atoms with Crippen molar-refractivity contribution in [1.82, 2.24) is 5.32 Å². The van der Waals surface area contributed by atoms with Crippen LogP contribution in [-0.4, -0.2) is 30.1 Å². The second-order valence-electron chi connectivity index (χ2n) is 4.94. The van der Waals surface area contributed by atoms with E-state index in [1.807, 2.05) is 6.92 Å². The number of nitro groups is 1. The van der Waals surface area contributed by atoms with Crippen molar-refractivity contribution < 1.29 is 14.5 Å². The summed E-state index contributed by atoms with van der Waals surface area (Å²) in [6, 6.07) is 4.24. The number of nitrogen functional groups attached to an aromatic ring is 1. The minimum Gasteiger partial charge on any atom is -0.378 e. The van der Waals surface area contributed by atoms with Gasteiger partial charge in [0.1, 0.15) is 5.69 Å². The van der Waals surface area contributed by atoms with Crippen LogP contribution in [0.3, 0.4) is 0 Å². The molecular weight excluding hydrogens is 276 g/mol. The number of hydrazine groups is 1. The topological polar surface area (TPSA) is 120 Å². The second kappa shape index (κ2) is 6.51. The van der Waals surface area contributed by atoms with Gasteiger partial charge in [-0.1, -0.05) is 6.07 Å². The van der Waals surface area contributed by atoms with E-state index in [1.54, 1.807) is 0 Å². The molecule has 1 aliphatic rings. The van der Waals surface area contributed by atoms with Gasteiger partial charge in [0.15, 0.2) is 0 Å². The van der Waals surface area contributed by atoms with Crippen LogP contribution in [0.2, 0.25) is 0 Å². The average Bonchev–Trinajstić information content (AvgIpc) is 2.89. The first kappa shape index (κ1) is 15.2. The molecule has 2 atom stereocenters. The maximum atomic E-state index is 12.2. The zero-order valence-corrected chi connectivity index (χ0v) is 11.7. The molecule has 0 aliphatic carbocycles. The maximum Gasteiger partial charge on any atom is 0.294 e. The van der Waals surface area contributed by atoms with Gasteiger partial charge in [-0.3, -0.25) is 20.8 Å². The number of carbonyl (C=O) groups is 1. The minimum atomic E-state index is -0.584. The van der Waals surface area contributed by atoms with E-state index in [4.69, 9.17) is 10.6 Å². The van der Waals surface area contributed by atoms with Gasteiger partial charge in [-0.2, -0.15) is 0 Å². The number of nitro benzene ring substituents is 1. The number of nitrogens with two attached hydrogens (primary N) is 1. The first-order chi connectivity index (χ1) is 10.0. The zero-order chi connectivity index (χ0) is 15.4. The van der Waals surface area contributed by atoms with Crippen molar-refractivity contribution in [3.8, 4) is 0 Å². The highest BCUT2D eigenvalue weighted by Gasteiger charge is 2.26. The standard InChI is InChI=1S/C13H18N4O4/c1-8-9(5-6-21-8)7-15-13(18)10-3-2-4-11(17(19)20)12(10)16-14/h2-4,8-9,16H,5-7,14H2,1H3,(H,15,18). The van der Waals surface area contributed by atoms with Crippen molar-refractivity contribution in [3.05, 3.63) is 33.9 Å². The molecule has 0 radical (unpaired) electrons. The number of anilines is 1. The first-order valence-corrected chi connectivity index (χ1v) is 6.68. The van der Waals surface area contributed by atoms with Crippen molar-refractivity contribution in [2.24, 2.45) is 11.8 Å². The molecule has 0 bridgehead atoms. The predicted molar refractivity (Wildman–Crippen MR) is 76.8 cm³/mol. The van der Waals surface area contributed by atoms with Crippen LogP contribution in [0.15, 0.2) is 18.2 Å². The number of carbonyl (C=O) groups excluding carboxylic acids is 1. The first-order valence-electron chi connectivity index (χ1n) is 6.68. The molecule has 1 aromatic carbocycles. The molecule has 2 rings (SSSR count). The Hall–Kier alpha value is -2.19. The molecule has 1 aliphatic heterocycles. The van der Waals surface area contributed by atoms with Crippen LogP contribution in [-0.2, 0) is 4.74 Å². The van der Waals surface area contributed by atoms with Crippen LogP contribution in [0, 0.1) is 16.0 Å². The van der Waals surface area contributed by atoms with Crippen LogP contribution in [0.4, 0.5) is 11.4 Å². The summed E-state index contributed by atoms with van der Waals surface area (Å²) in [5, 5.41) is 13.7. The molecule has 4 N–H and O–H groups in total. The zero-order valence-electron chi connectivity index (χ0n) is 11.7. The third-order valence-corrected chi connectivity index (χ3v) is 3.69. The Labute approximate surface area is 121 Å². The predicted octanol–water partition coefficient (Wildman–Crippen LogP) is 1.04. The third-order valence-electron chi connectivity index (χ3n) is 3.69. The Kier molecular flexibility index (Phi) is 4.71. The van der Waals surface area contributed by atoms with Gasteiger partial charge in [0, 0.05) is 25.1 Å². The molecule has 0 aromatic heterocycles. The van der Waals surface area contributed by atoms with Gasteiger partial charge in [-0.15, -0.1) is 0 Å². The van der Waals surface area contributed by atoms with E-state index in [-0.39, 0.29) is 29.0 Å². The Morgan fingerprint density at radius 2 is 2.33 bits per heavy atom. The van der Waals surface area contributed by atoms with Crippen LogP contribution in [0.1, 0.15) is 23.7 Å². The molecule has 1 heterocycles. The number of benzene rings is 1. The fourth-order valence-corrected chi connectivity index (χ4v) is 2.40. The maximum absolute atomic E-state index is 12.2. The Morgan fingerprint density at radius 1 is 1.57 bits per heavy atom. The van der Waals surface area contributed by atoms with Crippen LogP contribution in [0.5, 0.6) is 0 Å². The van der Waals surface area contributed by atoms with Crippen molar-refractivity contribution in [3.63, 3.8) is 0 Å². The molecule has 0 saturated carbocycles. The summed E-state index contributed by atoms with van der Waals surface area (Å²) in [5.41, 5.74) is 2.16. The molecule has 0 spiro atoms. The molecule has 1 aromatic rings. The molecule has 8 nitrogen and oxygen atoms in total. The van der Waals surface area contributed by atoms with E-state index in [9.17, 15) is 14.9 Å². The van der Waals surface area contributed by atoms with E-state index in [2.05, 4.69) is 10.7 Å². The van der Waals surface area contributed by atoms with Gasteiger partial charge >= 0.3 is 0 Å². The molecular formula is C13H18N4O4. The smallest absolute Gasteiger partial charge is 0.294 e. The molecule has 21 heavy (non-hydrogen) atoms. The highest BCUT2D eigenvalue weighted by Crippen LogP contribution is 2.27. The van der Waals surface area contributed by atoms with E-state index >= 15 is 0 Å². The van der Waals surface area contributed by atoms with Gasteiger partial charge in [-0.05, 0) is 19.4 Å². The SMILES string of the molecule is CC1OCCC1CNC(=O)c1cccc([N+](=O)[O-])c1NN. The fraction of sp³-hybridized carbons (Fsp3) is 0.462. The van der Waals surface area contributed by atoms with Crippen molar-refractivity contribution in [2.45, 2.75) is 19.4 Å². The number of nitrogens with one attached hydrogen (secondary N) is 2. The largest absolute Gasteiger partial charge is 0.378 e. The lowest BCUT2D eigenvalue weighted by atomic mass is 10.0. The summed E-state index contributed by atoms with van der Waals surface area (Å²) in [7, 11) is 0. The molecule has 1 saturated heterocycles. The van der Waals surface area contributed by atoms with Crippen LogP contribution >= 0.6 is 0 Å². The van der Waals surface area contributed by atoms with Gasteiger partial charge < -0.3 is 15.5 Å². The number of para-hydroxylation sites is 1. The van der Waals surface area contributed by atoms with E-state index in [0.29, 0.717) is 13.2 Å². The Bertz CT molecular complexity index is 549. The monoisotopic (exact) mass is 294 g/mol. The second-order valence-corrected chi connectivity index (χ2v) is 4.94. The molecule has 1 fully saturated rings. The fourth-order valence-electron chi connectivity index (χ4n) is 2.40. The van der Waals surface area contributed by atoms with E-state index in [1.165, 1.54) is 18.2 Å². The number of ether oxygens (including phenoxy) is 1. The summed E-state index contributed by atoms with van der Waals surface area (Å²) in [6.07, 6.45) is 0.987. The molecule has 8 heteroatoms. The van der Waals surface area contributed by atoms with Crippen LogP contribution in [0.25, 0.3) is 0 Å².